The molecule has 0 saturated heterocycles. The third-order valence-electron chi connectivity index (χ3n) is 5.53. The van der Waals surface area contributed by atoms with Crippen LogP contribution >= 0.6 is 0 Å². The molecule has 0 aliphatic rings. The number of anilines is 2. The number of hydrogen-bond acceptors (Lipinski definition) is 6. The van der Waals surface area contributed by atoms with Crippen LogP contribution in [0.3, 0.4) is 0 Å². The van der Waals surface area contributed by atoms with Gasteiger partial charge in [0, 0.05) is 19.0 Å². The maximum atomic E-state index is 12.8. The smallest absolute Gasteiger partial charge is 0.265 e. The maximum absolute atomic E-state index is 12.8. The second-order valence-corrected chi connectivity index (χ2v) is 10.1. The van der Waals surface area contributed by atoms with Gasteiger partial charge in [0.15, 0.2) is 0 Å². The molecule has 0 heterocycles. The molecule has 0 radical (unpaired) electrons. The molecule has 194 valence electrons. The Morgan fingerprint density at radius 2 is 1.42 bits per heavy atom. The molecule has 3 N–H and O–H groups in total. The molecule has 0 unspecified atom stereocenters. The molecule has 4 aromatic carbocycles. The molecule has 0 bridgehead atoms. The summed E-state index contributed by atoms with van der Waals surface area (Å²) < 4.78 is 33.0. The number of sulfonamides is 1. The van der Waals surface area contributed by atoms with Crippen molar-refractivity contribution in [2.24, 2.45) is 0 Å². The van der Waals surface area contributed by atoms with E-state index in [0.717, 1.165) is 16.9 Å². The van der Waals surface area contributed by atoms with Gasteiger partial charge in [-0.2, -0.15) is 0 Å². The molecule has 0 atom stereocenters. The number of hydrogen-bond donors (Lipinski definition) is 3. The average molecular weight is 530 g/mol. The normalized spacial score (nSPS) is 10.9. The van der Waals surface area contributed by atoms with Crippen LogP contribution in [0.15, 0.2) is 108 Å². The van der Waals surface area contributed by atoms with Crippen molar-refractivity contribution in [2.45, 2.75) is 25.0 Å². The summed E-state index contributed by atoms with van der Waals surface area (Å²) in [7, 11) is -4.03. The molecule has 38 heavy (non-hydrogen) atoms. The first-order valence-electron chi connectivity index (χ1n) is 11.8. The Kier molecular flexibility index (Phi) is 8.40. The number of benzene rings is 4. The molecule has 2 amide bonds. The van der Waals surface area contributed by atoms with E-state index in [1.54, 1.807) is 24.3 Å². The van der Waals surface area contributed by atoms with Crippen molar-refractivity contribution in [1.29, 1.82) is 0 Å². The second-order valence-electron chi connectivity index (χ2n) is 8.46. The van der Waals surface area contributed by atoms with Gasteiger partial charge in [-0.15, -0.1) is 0 Å². The first-order valence-corrected chi connectivity index (χ1v) is 13.3. The molecule has 0 fully saturated rings. The van der Waals surface area contributed by atoms with Gasteiger partial charge in [-0.25, -0.2) is 13.1 Å². The highest BCUT2D eigenvalue weighted by Crippen LogP contribution is 2.25. The second kappa shape index (κ2) is 12.1. The largest absolute Gasteiger partial charge is 0.489 e. The zero-order chi connectivity index (χ0) is 27.0. The van der Waals surface area contributed by atoms with Gasteiger partial charge in [-0.1, -0.05) is 60.7 Å². The molecule has 4 rings (SSSR count). The number of carbonyl (C=O) groups excluding carboxylic acids is 2. The lowest BCUT2D eigenvalue weighted by molar-refractivity contribution is -0.114. The quantitative estimate of drug-likeness (QED) is 0.268. The van der Waals surface area contributed by atoms with E-state index in [2.05, 4.69) is 15.4 Å². The van der Waals surface area contributed by atoms with Crippen molar-refractivity contribution < 1.29 is 22.7 Å². The van der Waals surface area contributed by atoms with Crippen LogP contribution in [0, 0.1) is 0 Å². The summed E-state index contributed by atoms with van der Waals surface area (Å²) in [5, 5.41) is 5.94. The fourth-order valence-electron chi connectivity index (χ4n) is 3.61. The van der Waals surface area contributed by atoms with Gasteiger partial charge in [0.1, 0.15) is 12.4 Å². The van der Waals surface area contributed by atoms with Crippen molar-refractivity contribution in [2.75, 3.05) is 10.6 Å². The van der Waals surface area contributed by atoms with Crippen LogP contribution in [0.2, 0.25) is 0 Å². The van der Waals surface area contributed by atoms with Gasteiger partial charge >= 0.3 is 0 Å². The van der Waals surface area contributed by atoms with Gasteiger partial charge in [0.05, 0.1) is 16.3 Å². The lowest BCUT2D eigenvalue weighted by atomic mass is 10.1. The highest BCUT2D eigenvalue weighted by molar-refractivity contribution is 7.90. The van der Waals surface area contributed by atoms with Gasteiger partial charge < -0.3 is 15.4 Å². The molecule has 0 spiro atoms. The number of carbonyl (C=O) groups is 2. The van der Waals surface area contributed by atoms with Crippen molar-refractivity contribution in [3.05, 3.63) is 120 Å². The van der Waals surface area contributed by atoms with E-state index >= 15 is 0 Å². The van der Waals surface area contributed by atoms with Gasteiger partial charge in [-0.05, 0) is 53.6 Å². The molecule has 0 saturated carbocycles. The summed E-state index contributed by atoms with van der Waals surface area (Å²) >= 11 is 0. The number of ether oxygens (including phenoxy) is 1. The molecule has 0 aliphatic heterocycles. The monoisotopic (exact) mass is 529 g/mol. The van der Waals surface area contributed by atoms with Crippen molar-refractivity contribution in [3.8, 4) is 5.75 Å². The van der Waals surface area contributed by atoms with E-state index in [1.807, 2.05) is 54.6 Å². The molecule has 0 aliphatic carbocycles. The van der Waals surface area contributed by atoms with Gasteiger partial charge in [-0.3, -0.25) is 9.59 Å². The van der Waals surface area contributed by atoms with Crippen molar-refractivity contribution >= 4 is 33.2 Å². The van der Waals surface area contributed by atoms with Crippen LogP contribution in [0.4, 0.5) is 11.4 Å². The van der Waals surface area contributed by atoms with E-state index < -0.39 is 15.9 Å². The Labute approximate surface area is 221 Å². The zero-order valence-electron chi connectivity index (χ0n) is 20.7. The third-order valence-corrected chi connectivity index (χ3v) is 6.87. The Bertz CT molecular complexity index is 1510. The molecule has 8 nitrogen and oxygen atoms in total. The average Bonchev–Trinajstić information content (AvgIpc) is 2.92. The molecule has 9 heteroatoms. The van der Waals surface area contributed by atoms with Crippen molar-refractivity contribution in [3.63, 3.8) is 0 Å². The van der Waals surface area contributed by atoms with E-state index in [4.69, 9.17) is 4.74 Å². The highest BCUT2D eigenvalue weighted by Gasteiger charge is 2.19. The Balaban J connectivity index is 1.45. The summed E-state index contributed by atoms with van der Waals surface area (Å²) in [6.07, 6.45) is 0. The van der Waals surface area contributed by atoms with Gasteiger partial charge in [0.25, 0.3) is 15.9 Å². The number of nitrogens with one attached hydrogen (secondary N) is 3. The predicted molar refractivity (Wildman–Crippen MR) is 146 cm³/mol. The molecule has 0 aromatic heterocycles. The van der Waals surface area contributed by atoms with Crippen molar-refractivity contribution in [1.82, 2.24) is 4.72 Å². The van der Waals surface area contributed by atoms with E-state index in [0.29, 0.717) is 24.5 Å². The summed E-state index contributed by atoms with van der Waals surface area (Å²) in [4.78, 5) is 24.5. The van der Waals surface area contributed by atoms with Crippen LogP contribution in [-0.4, -0.2) is 20.2 Å². The Morgan fingerprint density at radius 3 is 2.08 bits per heavy atom. The number of rotatable bonds is 10. The summed E-state index contributed by atoms with van der Waals surface area (Å²) in [5.41, 5.74) is 3.06. The summed E-state index contributed by atoms with van der Waals surface area (Å²) in [6.45, 7) is 2.23. The minimum Gasteiger partial charge on any atom is -0.489 e. The summed E-state index contributed by atoms with van der Waals surface area (Å²) in [6, 6.07) is 29.6. The van der Waals surface area contributed by atoms with E-state index in [1.165, 1.54) is 31.2 Å². The fraction of sp³-hybridized carbons (Fsp3) is 0.103. The fourth-order valence-corrected chi connectivity index (χ4v) is 4.61. The van der Waals surface area contributed by atoms with Crippen LogP contribution in [0.1, 0.15) is 28.4 Å². The van der Waals surface area contributed by atoms with Crippen LogP contribution < -0.4 is 20.1 Å². The number of amides is 2. The minimum atomic E-state index is -4.03. The standard InChI is InChI=1S/C29H27N3O5S/c1-21(33)31-27-17-14-24(29(34)32-38(35,36)26-10-6-3-7-11-26)18-28(27)30-19-22-12-15-25(16-13-22)37-20-23-8-4-2-5-9-23/h2-18,30H,19-20H2,1H3,(H,31,33)(H,32,34). The van der Waals surface area contributed by atoms with E-state index in [9.17, 15) is 18.0 Å². The lowest BCUT2D eigenvalue weighted by Gasteiger charge is -2.15. The maximum Gasteiger partial charge on any atom is 0.265 e. The highest BCUT2D eigenvalue weighted by atomic mass is 32.2. The predicted octanol–water partition coefficient (Wildman–Crippen LogP) is 4.95. The Morgan fingerprint density at radius 1 is 0.763 bits per heavy atom. The first-order chi connectivity index (χ1) is 18.3. The van der Waals surface area contributed by atoms with Crippen LogP contribution in [0.5, 0.6) is 5.75 Å². The molecular formula is C29H27N3O5S. The van der Waals surface area contributed by atoms with E-state index in [-0.39, 0.29) is 16.4 Å². The SMILES string of the molecule is CC(=O)Nc1ccc(C(=O)NS(=O)(=O)c2ccccc2)cc1NCc1ccc(OCc2ccccc2)cc1. The molecular weight excluding hydrogens is 502 g/mol. The van der Waals surface area contributed by atoms with Crippen LogP contribution in [0.25, 0.3) is 0 Å². The van der Waals surface area contributed by atoms with Gasteiger partial charge in [0.2, 0.25) is 5.91 Å². The zero-order valence-corrected chi connectivity index (χ0v) is 21.5. The summed E-state index contributed by atoms with van der Waals surface area (Å²) in [5.74, 6) is -0.335. The first kappa shape index (κ1) is 26.4. The minimum absolute atomic E-state index is 0.0160. The molecule has 4 aromatic rings. The Hall–Kier alpha value is -4.63. The van der Waals surface area contributed by atoms with Crippen LogP contribution in [-0.2, 0) is 28.0 Å². The lowest BCUT2D eigenvalue weighted by Crippen LogP contribution is -2.30. The topological polar surface area (TPSA) is 114 Å². The third kappa shape index (κ3) is 7.21.